The monoisotopic (exact) mass is 364 g/mol. The van der Waals surface area contributed by atoms with Crippen LogP contribution in [-0.2, 0) is 16.8 Å². The Kier molecular flexibility index (Phi) is 6.85. The van der Waals surface area contributed by atoms with Gasteiger partial charge in [0.25, 0.3) is 0 Å². The minimum absolute atomic E-state index is 0.00845. The van der Waals surface area contributed by atoms with Crippen LogP contribution in [0.5, 0.6) is 5.75 Å². The number of unbranched alkanes of at least 4 members (excludes halogenated alkanes) is 2. The van der Waals surface area contributed by atoms with Gasteiger partial charge < -0.3 is 4.18 Å². The average molecular weight is 365 g/mol. The van der Waals surface area contributed by atoms with E-state index in [0.29, 0.717) is 0 Å². The molecule has 0 aliphatic heterocycles. The van der Waals surface area contributed by atoms with E-state index in [4.69, 9.17) is 4.18 Å². The molecule has 1 aromatic rings. The lowest BCUT2D eigenvalue weighted by atomic mass is 9.75. The molecule has 2 unspecified atom stereocenters. The van der Waals surface area contributed by atoms with Gasteiger partial charge in [0.2, 0.25) is 0 Å². The van der Waals surface area contributed by atoms with Crippen LogP contribution in [0.25, 0.3) is 0 Å². The quantitative estimate of drug-likeness (QED) is 0.390. The molecule has 0 bridgehead atoms. The van der Waals surface area contributed by atoms with Crippen molar-refractivity contribution in [2.24, 2.45) is 5.92 Å². The van der Waals surface area contributed by atoms with E-state index >= 15 is 0 Å². The van der Waals surface area contributed by atoms with Crippen molar-refractivity contribution in [1.82, 2.24) is 0 Å². The lowest BCUT2D eigenvalue weighted by molar-refractivity contribution is 0.379. The van der Waals surface area contributed by atoms with E-state index in [0.717, 1.165) is 55.2 Å². The second-order valence-electron chi connectivity index (χ2n) is 6.79. The fraction of sp³-hybridized carbons (Fsp3) is 0.500. The van der Waals surface area contributed by atoms with Crippen molar-refractivity contribution in [3.05, 3.63) is 53.6 Å². The molecule has 0 saturated heterocycles. The van der Waals surface area contributed by atoms with Crippen molar-refractivity contribution in [3.63, 3.8) is 0 Å². The summed E-state index contributed by atoms with van der Waals surface area (Å²) in [5.74, 6) is 0.526. The summed E-state index contributed by atoms with van der Waals surface area (Å²) in [6, 6.07) is 5.70. The molecule has 0 amide bonds. The molecular weight excluding hydrogens is 336 g/mol. The second-order valence-corrected chi connectivity index (χ2v) is 7.81. The third kappa shape index (κ3) is 5.44. The Balaban J connectivity index is 2.48. The Bertz CT molecular complexity index is 734. The Morgan fingerprint density at radius 1 is 1.36 bits per heavy atom. The summed E-state index contributed by atoms with van der Waals surface area (Å²) in [5.41, 5.74) is 2.70. The Morgan fingerprint density at radius 2 is 2.12 bits per heavy atom. The highest BCUT2D eigenvalue weighted by Crippen LogP contribution is 2.42. The van der Waals surface area contributed by atoms with Crippen LogP contribution >= 0.6 is 0 Å². The third-order valence-corrected chi connectivity index (χ3v) is 5.16. The molecule has 0 aromatic heterocycles. The predicted octanol–water partition coefficient (Wildman–Crippen LogP) is 5.23. The van der Waals surface area contributed by atoms with Crippen LogP contribution in [0.3, 0.4) is 0 Å². The van der Waals surface area contributed by atoms with Crippen molar-refractivity contribution in [2.75, 3.05) is 0 Å². The fourth-order valence-electron chi connectivity index (χ4n) is 3.54. The lowest BCUT2D eigenvalue weighted by Gasteiger charge is -2.30. The van der Waals surface area contributed by atoms with Gasteiger partial charge in [-0.2, -0.15) is 8.42 Å². The molecule has 138 valence electrons. The molecule has 4 nitrogen and oxygen atoms in total. The Labute approximate surface area is 151 Å². The van der Waals surface area contributed by atoms with Crippen LogP contribution in [0, 0.1) is 5.92 Å². The van der Waals surface area contributed by atoms with E-state index in [2.05, 4.69) is 25.7 Å². The lowest BCUT2D eigenvalue weighted by Crippen LogP contribution is -2.18. The molecule has 25 heavy (non-hydrogen) atoms. The van der Waals surface area contributed by atoms with Crippen LogP contribution in [0.15, 0.2) is 42.5 Å². The van der Waals surface area contributed by atoms with Gasteiger partial charge in [-0.25, -0.2) is 0 Å². The van der Waals surface area contributed by atoms with E-state index in [1.165, 1.54) is 0 Å². The van der Waals surface area contributed by atoms with Gasteiger partial charge in [0.05, 0.1) is 0 Å². The molecule has 0 radical (unpaired) electrons. The zero-order valence-electron chi connectivity index (χ0n) is 15.1. The number of aryl methyl sites for hydroxylation is 1. The van der Waals surface area contributed by atoms with Gasteiger partial charge in [0.1, 0.15) is 0 Å². The first-order valence-electron chi connectivity index (χ1n) is 8.94. The summed E-state index contributed by atoms with van der Waals surface area (Å²) in [6.45, 7) is 8.23. The predicted molar refractivity (Wildman–Crippen MR) is 101 cm³/mol. The first-order chi connectivity index (χ1) is 11.8. The summed E-state index contributed by atoms with van der Waals surface area (Å²) in [7, 11) is -4.58. The van der Waals surface area contributed by atoms with Crippen molar-refractivity contribution < 1.29 is 17.2 Å². The first kappa shape index (κ1) is 19.7. The number of para-hydroxylation sites is 1. The maximum Gasteiger partial charge on any atom is 0.446 e. The maximum atomic E-state index is 11.4. The van der Waals surface area contributed by atoms with Gasteiger partial charge in [-0.05, 0) is 44.1 Å². The molecule has 1 N–H and O–H groups in total. The van der Waals surface area contributed by atoms with Gasteiger partial charge in [-0.15, -0.1) is 0 Å². The van der Waals surface area contributed by atoms with Crippen LogP contribution in [-0.4, -0.2) is 13.0 Å². The number of allylic oxidation sites excluding steroid dienone is 3. The Morgan fingerprint density at radius 3 is 2.76 bits per heavy atom. The SMILES string of the molecule is C=C(C)C1CCC=CC1c1cccc(CCCCC)c1OS(=O)(=O)O. The van der Waals surface area contributed by atoms with Gasteiger partial charge in [-0.3, -0.25) is 4.55 Å². The summed E-state index contributed by atoms with van der Waals surface area (Å²) in [5, 5.41) is 0. The first-order valence-corrected chi connectivity index (χ1v) is 10.3. The molecular formula is C20H28O4S. The minimum Gasteiger partial charge on any atom is -0.361 e. The molecule has 2 rings (SSSR count). The summed E-state index contributed by atoms with van der Waals surface area (Å²) >= 11 is 0. The van der Waals surface area contributed by atoms with Gasteiger partial charge in [0, 0.05) is 11.5 Å². The van der Waals surface area contributed by atoms with Gasteiger partial charge >= 0.3 is 10.4 Å². The minimum atomic E-state index is -4.58. The van der Waals surface area contributed by atoms with E-state index in [1.54, 1.807) is 0 Å². The molecule has 0 saturated carbocycles. The number of benzene rings is 1. The summed E-state index contributed by atoms with van der Waals surface area (Å²) < 4.78 is 37.2. The molecule has 0 heterocycles. The van der Waals surface area contributed by atoms with Gasteiger partial charge in [0.15, 0.2) is 5.75 Å². The molecule has 2 atom stereocenters. The van der Waals surface area contributed by atoms with Crippen LogP contribution in [0.1, 0.15) is 63.0 Å². The van der Waals surface area contributed by atoms with Crippen LogP contribution < -0.4 is 4.18 Å². The largest absolute Gasteiger partial charge is 0.446 e. The zero-order chi connectivity index (χ0) is 18.4. The van der Waals surface area contributed by atoms with Crippen molar-refractivity contribution >= 4 is 10.4 Å². The van der Waals surface area contributed by atoms with E-state index < -0.39 is 10.4 Å². The normalized spacial score (nSPS) is 20.4. The molecule has 1 aromatic carbocycles. The van der Waals surface area contributed by atoms with Crippen molar-refractivity contribution in [2.45, 2.75) is 58.3 Å². The average Bonchev–Trinajstić information content (AvgIpc) is 2.55. The van der Waals surface area contributed by atoms with Crippen molar-refractivity contribution in [1.29, 1.82) is 0 Å². The third-order valence-electron chi connectivity index (χ3n) is 4.78. The highest BCUT2D eigenvalue weighted by atomic mass is 32.3. The topological polar surface area (TPSA) is 63.6 Å². The highest BCUT2D eigenvalue weighted by Gasteiger charge is 2.28. The maximum absolute atomic E-state index is 11.4. The van der Waals surface area contributed by atoms with E-state index in [-0.39, 0.29) is 17.6 Å². The molecule has 1 aliphatic carbocycles. The van der Waals surface area contributed by atoms with E-state index in [1.807, 2.05) is 25.1 Å². The smallest absolute Gasteiger partial charge is 0.361 e. The van der Waals surface area contributed by atoms with E-state index in [9.17, 15) is 13.0 Å². The number of rotatable bonds is 8. The molecule has 5 heteroatoms. The Hall–Kier alpha value is -1.59. The molecule has 1 aliphatic rings. The molecule has 0 fully saturated rings. The molecule has 0 spiro atoms. The van der Waals surface area contributed by atoms with Gasteiger partial charge in [-0.1, -0.05) is 62.3 Å². The van der Waals surface area contributed by atoms with Crippen molar-refractivity contribution in [3.8, 4) is 5.75 Å². The van der Waals surface area contributed by atoms with Crippen LogP contribution in [0.4, 0.5) is 0 Å². The summed E-state index contributed by atoms with van der Waals surface area (Å²) in [4.78, 5) is 0. The fourth-order valence-corrected chi connectivity index (χ4v) is 3.96. The zero-order valence-corrected chi connectivity index (χ0v) is 15.9. The van der Waals surface area contributed by atoms with Crippen LogP contribution in [0.2, 0.25) is 0 Å². The number of hydrogen-bond donors (Lipinski definition) is 1. The second kappa shape index (κ2) is 8.68. The summed E-state index contributed by atoms with van der Waals surface area (Å²) in [6.07, 6.45) is 9.99. The standard InChI is InChI=1S/C20H28O4S/c1-4-5-6-10-16-11-9-14-19(20(16)24-25(21,22)23)18-13-8-7-12-17(18)15(2)3/h8-9,11,13-14,17-18H,2,4-7,10,12H2,1,3H3,(H,21,22,23). The number of hydrogen-bond acceptors (Lipinski definition) is 3. The highest BCUT2D eigenvalue weighted by molar-refractivity contribution is 7.81.